The summed E-state index contributed by atoms with van der Waals surface area (Å²) in [6, 6.07) is 0. The summed E-state index contributed by atoms with van der Waals surface area (Å²) in [5.41, 5.74) is 0. The van der Waals surface area contributed by atoms with Crippen LogP contribution in [0.4, 0.5) is 0 Å². The Morgan fingerprint density at radius 3 is 1.00 bits per heavy atom. The molecule has 0 saturated heterocycles. The fraction of sp³-hybridized carbons (Fsp3) is 0.923. The minimum Gasteiger partial charge on any atom is -0.463 e. The molecule has 0 spiro atoms. The maximum absolute atomic E-state index is 11.7. The van der Waals surface area contributed by atoms with Crippen LogP contribution in [0.3, 0.4) is 0 Å². The Labute approximate surface area is 217 Å². The van der Waals surface area contributed by atoms with Crippen molar-refractivity contribution < 1.29 is 47.5 Å². The molecule has 0 saturated carbocycles. The lowest BCUT2D eigenvalue weighted by Gasteiger charge is -2.07. The van der Waals surface area contributed by atoms with Crippen LogP contribution in [0.1, 0.15) is 65.2 Å². The molecule has 0 aliphatic heterocycles. The van der Waals surface area contributed by atoms with Crippen molar-refractivity contribution in [3.8, 4) is 0 Å². The number of unbranched alkanes of at least 4 members (excludes halogenated alkanes) is 5. The molecule has 36 heavy (non-hydrogen) atoms. The smallest absolute Gasteiger partial charge is 0.305 e. The van der Waals surface area contributed by atoms with Crippen LogP contribution in [0.5, 0.6) is 0 Å². The normalized spacial score (nSPS) is 11.1. The van der Waals surface area contributed by atoms with Crippen LogP contribution in [-0.2, 0) is 47.5 Å². The van der Waals surface area contributed by atoms with Crippen molar-refractivity contribution in [1.82, 2.24) is 0 Å². The molecule has 10 nitrogen and oxygen atoms in total. The Kier molecular flexibility index (Phi) is 28.8. The molecular weight excluding hydrogens is 472 g/mol. The van der Waals surface area contributed by atoms with E-state index in [1.165, 1.54) is 0 Å². The molecule has 0 aliphatic rings. The molecular formula is C26H50O10. The molecule has 0 unspecified atom stereocenters. The Morgan fingerprint density at radius 2 is 0.667 bits per heavy atom. The van der Waals surface area contributed by atoms with Gasteiger partial charge in [0.1, 0.15) is 13.2 Å². The van der Waals surface area contributed by atoms with Gasteiger partial charge in [-0.3, -0.25) is 9.59 Å². The molecule has 0 aromatic rings. The quantitative estimate of drug-likeness (QED) is 0.107. The second-order valence-corrected chi connectivity index (χ2v) is 7.91. The van der Waals surface area contributed by atoms with E-state index in [1.54, 1.807) is 0 Å². The largest absolute Gasteiger partial charge is 0.463 e. The van der Waals surface area contributed by atoms with E-state index in [0.29, 0.717) is 92.1 Å². The summed E-state index contributed by atoms with van der Waals surface area (Å²) >= 11 is 0. The molecule has 0 radical (unpaired) electrons. The molecule has 10 heteroatoms. The van der Waals surface area contributed by atoms with Crippen molar-refractivity contribution in [3.05, 3.63) is 0 Å². The molecule has 0 heterocycles. The number of rotatable bonds is 29. The highest BCUT2D eigenvalue weighted by Crippen LogP contribution is 2.09. The average Bonchev–Trinajstić information content (AvgIpc) is 2.87. The van der Waals surface area contributed by atoms with Crippen LogP contribution >= 0.6 is 0 Å². The summed E-state index contributed by atoms with van der Waals surface area (Å²) in [6.45, 7) is 10.8. The van der Waals surface area contributed by atoms with Gasteiger partial charge < -0.3 is 37.9 Å². The summed E-state index contributed by atoms with van der Waals surface area (Å²) < 4.78 is 42.0. The average molecular weight is 523 g/mol. The lowest BCUT2D eigenvalue weighted by Crippen LogP contribution is -2.14. The van der Waals surface area contributed by atoms with E-state index in [2.05, 4.69) is 0 Å². The lowest BCUT2D eigenvalue weighted by atomic mass is 10.1. The van der Waals surface area contributed by atoms with Gasteiger partial charge in [0.2, 0.25) is 0 Å². The molecule has 0 bridgehead atoms. The molecule has 214 valence electrons. The molecule has 0 amide bonds. The summed E-state index contributed by atoms with van der Waals surface area (Å²) in [7, 11) is 0. The van der Waals surface area contributed by atoms with Gasteiger partial charge in [-0.1, -0.05) is 25.7 Å². The van der Waals surface area contributed by atoms with Gasteiger partial charge >= 0.3 is 11.9 Å². The first-order valence-electron chi connectivity index (χ1n) is 13.5. The molecule has 0 aliphatic carbocycles. The maximum Gasteiger partial charge on any atom is 0.305 e. The Hall–Kier alpha value is -1.30. The van der Waals surface area contributed by atoms with E-state index in [1.807, 2.05) is 13.8 Å². The van der Waals surface area contributed by atoms with E-state index < -0.39 is 0 Å². The minimum absolute atomic E-state index is 0.188. The van der Waals surface area contributed by atoms with Gasteiger partial charge in [-0.2, -0.15) is 0 Å². The van der Waals surface area contributed by atoms with Crippen LogP contribution in [0.15, 0.2) is 0 Å². The molecule has 0 N–H and O–H groups in total. The first-order valence-corrected chi connectivity index (χ1v) is 13.5. The molecule has 0 rings (SSSR count). The molecule has 0 atom stereocenters. The van der Waals surface area contributed by atoms with Crippen molar-refractivity contribution >= 4 is 11.9 Å². The van der Waals surface area contributed by atoms with Gasteiger partial charge in [0, 0.05) is 26.1 Å². The fourth-order valence-electron chi connectivity index (χ4n) is 2.99. The minimum atomic E-state index is -0.188. The first kappa shape index (κ1) is 34.7. The highest BCUT2D eigenvalue weighted by molar-refractivity contribution is 5.69. The highest BCUT2D eigenvalue weighted by Gasteiger charge is 2.04. The van der Waals surface area contributed by atoms with Gasteiger partial charge in [-0.15, -0.1) is 0 Å². The van der Waals surface area contributed by atoms with Crippen molar-refractivity contribution in [3.63, 3.8) is 0 Å². The number of carbonyl (C=O) groups is 2. The van der Waals surface area contributed by atoms with Crippen molar-refractivity contribution in [1.29, 1.82) is 0 Å². The second kappa shape index (κ2) is 29.9. The number of esters is 2. The van der Waals surface area contributed by atoms with Crippen LogP contribution in [0.25, 0.3) is 0 Å². The Balaban J connectivity index is 3.25. The Bertz CT molecular complexity index is 434. The third kappa shape index (κ3) is 28.9. The van der Waals surface area contributed by atoms with Crippen molar-refractivity contribution in [2.24, 2.45) is 0 Å². The zero-order chi connectivity index (χ0) is 26.4. The highest BCUT2D eigenvalue weighted by atomic mass is 16.6. The zero-order valence-corrected chi connectivity index (χ0v) is 22.6. The predicted molar refractivity (Wildman–Crippen MR) is 135 cm³/mol. The third-order valence-corrected chi connectivity index (χ3v) is 4.89. The van der Waals surface area contributed by atoms with Crippen LogP contribution in [0.2, 0.25) is 0 Å². The van der Waals surface area contributed by atoms with Gasteiger partial charge in [0.15, 0.2) is 0 Å². The van der Waals surface area contributed by atoms with Gasteiger partial charge in [-0.05, 0) is 26.7 Å². The van der Waals surface area contributed by atoms with E-state index >= 15 is 0 Å². The third-order valence-electron chi connectivity index (χ3n) is 4.89. The maximum atomic E-state index is 11.7. The van der Waals surface area contributed by atoms with Crippen LogP contribution < -0.4 is 0 Å². The van der Waals surface area contributed by atoms with E-state index in [9.17, 15) is 9.59 Å². The second-order valence-electron chi connectivity index (χ2n) is 7.91. The van der Waals surface area contributed by atoms with Gasteiger partial charge in [0.25, 0.3) is 0 Å². The monoisotopic (exact) mass is 522 g/mol. The summed E-state index contributed by atoms with van der Waals surface area (Å²) in [4.78, 5) is 23.4. The Morgan fingerprint density at radius 1 is 0.389 bits per heavy atom. The molecule has 0 aromatic carbocycles. The number of carbonyl (C=O) groups excluding carboxylic acids is 2. The van der Waals surface area contributed by atoms with E-state index in [4.69, 9.17) is 37.9 Å². The number of hydrogen-bond donors (Lipinski definition) is 0. The SMILES string of the molecule is CCOCCOCCOCCOC(=O)CCCCCCCCC(=O)OCCOCCOCCOCC. The molecule has 0 fully saturated rings. The van der Waals surface area contributed by atoms with E-state index in [-0.39, 0.29) is 25.2 Å². The van der Waals surface area contributed by atoms with E-state index in [0.717, 1.165) is 38.5 Å². The van der Waals surface area contributed by atoms with Crippen LogP contribution in [0, 0.1) is 0 Å². The molecule has 0 aromatic heterocycles. The van der Waals surface area contributed by atoms with Gasteiger partial charge in [0.05, 0.1) is 66.1 Å². The van der Waals surface area contributed by atoms with Crippen molar-refractivity contribution in [2.75, 3.05) is 92.5 Å². The number of hydrogen-bond acceptors (Lipinski definition) is 10. The summed E-state index contributed by atoms with van der Waals surface area (Å²) in [5, 5.41) is 0. The first-order chi connectivity index (χ1) is 17.7. The lowest BCUT2D eigenvalue weighted by molar-refractivity contribution is -0.146. The predicted octanol–water partition coefficient (Wildman–Crippen LogP) is 3.33. The summed E-state index contributed by atoms with van der Waals surface area (Å²) in [6.07, 6.45) is 6.50. The standard InChI is InChI=1S/C26H50O10/c1-3-29-13-15-31-17-19-33-21-23-35-25(27)11-9-7-5-6-8-10-12-26(28)36-24-22-34-20-18-32-16-14-30-4-2/h3-24H2,1-2H3. The number of ether oxygens (including phenoxy) is 8. The fourth-order valence-corrected chi connectivity index (χ4v) is 2.99. The van der Waals surface area contributed by atoms with Crippen LogP contribution in [-0.4, -0.2) is 104 Å². The van der Waals surface area contributed by atoms with Gasteiger partial charge in [-0.25, -0.2) is 0 Å². The zero-order valence-electron chi connectivity index (χ0n) is 22.6. The summed E-state index contributed by atoms with van der Waals surface area (Å²) in [5.74, 6) is -0.375. The topological polar surface area (TPSA) is 108 Å². The van der Waals surface area contributed by atoms with Crippen molar-refractivity contribution in [2.45, 2.75) is 65.2 Å².